The normalized spacial score (nSPS) is 16.1. The Morgan fingerprint density at radius 1 is 1.45 bits per heavy atom. The third-order valence-corrected chi connectivity index (χ3v) is 3.78. The molecule has 1 amide bonds. The molecule has 2 heterocycles. The van der Waals surface area contributed by atoms with Gasteiger partial charge < -0.3 is 5.32 Å². The number of rotatable bonds is 3. The summed E-state index contributed by atoms with van der Waals surface area (Å²) in [6.45, 7) is 3.87. The standard InChI is InChI=1S/C15H17N3O2/c1-9-3-6-13-16-7-12(15(20)18(13)8-9)14(19)17-10(2)11-4-5-11/h3,6-8,10-11H,4-5H2,1-2H3,(H,17,19). The molecule has 1 N–H and O–H groups in total. The van der Waals surface area contributed by atoms with Crippen LogP contribution in [0, 0.1) is 12.8 Å². The molecule has 1 atom stereocenters. The third kappa shape index (κ3) is 2.31. The van der Waals surface area contributed by atoms with Crippen molar-refractivity contribution < 1.29 is 4.79 Å². The van der Waals surface area contributed by atoms with Gasteiger partial charge >= 0.3 is 0 Å². The summed E-state index contributed by atoms with van der Waals surface area (Å²) in [7, 11) is 0. The van der Waals surface area contributed by atoms with E-state index in [-0.39, 0.29) is 23.1 Å². The fraction of sp³-hybridized carbons (Fsp3) is 0.400. The minimum absolute atomic E-state index is 0.0978. The fourth-order valence-corrected chi connectivity index (χ4v) is 2.34. The van der Waals surface area contributed by atoms with Crippen molar-refractivity contribution in [3.8, 4) is 0 Å². The second-order valence-electron chi connectivity index (χ2n) is 5.51. The lowest BCUT2D eigenvalue weighted by atomic mass is 10.2. The van der Waals surface area contributed by atoms with Crippen molar-refractivity contribution in [2.75, 3.05) is 0 Å². The Morgan fingerprint density at radius 3 is 2.90 bits per heavy atom. The van der Waals surface area contributed by atoms with Gasteiger partial charge in [-0.15, -0.1) is 0 Å². The quantitative estimate of drug-likeness (QED) is 0.920. The Balaban J connectivity index is 1.96. The maximum atomic E-state index is 12.4. The number of hydrogen-bond acceptors (Lipinski definition) is 3. The van der Waals surface area contributed by atoms with Gasteiger partial charge in [-0.25, -0.2) is 4.98 Å². The summed E-state index contributed by atoms with van der Waals surface area (Å²) >= 11 is 0. The van der Waals surface area contributed by atoms with Gasteiger partial charge in [-0.2, -0.15) is 0 Å². The van der Waals surface area contributed by atoms with E-state index in [1.807, 2.05) is 19.9 Å². The van der Waals surface area contributed by atoms with Crippen LogP contribution in [0.15, 0.2) is 29.3 Å². The van der Waals surface area contributed by atoms with Crippen LogP contribution < -0.4 is 10.9 Å². The van der Waals surface area contributed by atoms with Crippen LogP contribution in [0.2, 0.25) is 0 Å². The lowest BCUT2D eigenvalue weighted by molar-refractivity contribution is 0.0934. The molecule has 20 heavy (non-hydrogen) atoms. The molecule has 0 spiro atoms. The number of fused-ring (bicyclic) bond motifs is 1. The number of nitrogens with one attached hydrogen (secondary N) is 1. The number of carbonyl (C=O) groups is 1. The molecule has 2 aromatic heterocycles. The van der Waals surface area contributed by atoms with Crippen LogP contribution in [-0.2, 0) is 0 Å². The van der Waals surface area contributed by atoms with Gasteiger partial charge in [0.05, 0.1) is 0 Å². The van der Waals surface area contributed by atoms with Crippen molar-refractivity contribution >= 4 is 11.6 Å². The summed E-state index contributed by atoms with van der Waals surface area (Å²) < 4.78 is 1.42. The predicted octanol–water partition coefficient (Wildman–Crippen LogP) is 1.53. The fourth-order valence-electron chi connectivity index (χ4n) is 2.34. The Hall–Kier alpha value is -2.17. The molecule has 1 fully saturated rings. The van der Waals surface area contributed by atoms with E-state index in [0.29, 0.717) is 11.6 Å². The predicted molar refractivity (Wildman–Crippen MR) is 75.9 cm³/mol. The van der Waals surface area contributed by atoms with Gasteiger partial charge in [0.2, 0.25) is 0 Å². The molecule has 5 nitrogen and oxygen atoms in total. The average Bonchev–Trinajstić information content (AvgIpc) is 3.24. The summed E-state index contributed by atoms with van der Waals surface area (Å²) in [4.78, 5) is 28.7. The summed E-state index contributed by atoms with van der Waals surface area (Å²) in [6.07, 6.45) is 5.36. The monoisotopic (exact) mass is 271 g/mol. The van der Waals surface area contributed by atoms with E-state index < -0.39 is 0 Å². The minimum atomic E-state index is -0.335. The minimum Gasteiger partial charge on any atom is -0.349 e. The second-order valence-corrected chi connectivity index (χ2v) is 5.51. The van der Waals surface area contributed by atoms with Crippen molar-refractivity contribution in [1.82, 2.24) is 14.7 Å². The molecular formula is C15H17N3O2. The van der Waals surface area contributed by atoms with Crippen molar-refractivity contribution in [2.45, 2.75) is 32.7 Å². The van der Waals surface area contributed by atoms with Gasteiger partial charge in [-0.3, -0.25) is 14.0 Å². The average molecular weight is 271 g/mol. The molecule has 0 saturated heterocycles. The highest BCUT2D eigenvalue weighted by Gasteiger charge is 2.29. The Labute approximate surface area is 116 Å². The number of carbonyl (C=O) groups excluding carboxylic acids is 1. The van der Waals surface area contributed by atoms with Gasteiger partial charge in [-0.05, 0) is 44.2 Å². The topological polar surface area (TPSA) is 63.5 Å². The molecule has 0 aromatic carbocycles. The summed E-state index contributed by atoms with van der Waals surface area (Å²) in [5.41, 5.74) is 1.28. The third-order valence-electron chi connectivity index (χ3n) is 3.78. The molecule has 0 bridgehead atoms. The molecule has 5 heteroatoms. The first kappa shape index (κ1) is 12.8. The first-order valence-electron chi connectivity index (χ1n) is 6.85. The highest BCUT2D eigenvalue weighted by Crippen LogP contribution is 2.32. The van der Waals surface area contributed by atoms with E-state index in [9.17, 15) is 9.59 Å². The van der Waals surface area contributed by atoms with E-state index in [2.05, 4.69) is 10.3 Å². The van der Waals surface area contributed by atoms with Crippen LogP contribution in [0.5, 0.6) is 0 Å². The maximum absolute atomic E-state index is 12.4. The summed E-state index contributed by atoms with van der Waals surface area (Å²) in [6, 6.07) is 3.77. The summed E-state index contributed by atoms with van der Waals surface area (Å²) in [5.74, 6) is 0.218. The highest BCUT2D eigenvalue weighted by molar-refractivity contribution is 5.93. The van der Waals surface area contributed by atoms with E-state index >= 15 is 0 Å². The van der Waals surface area contributed by atoms with E-state index in [1.54, 1.807) is 12.3 Å². The first-order valence-corrected chi connectivity index (χ1v) is 6.85. The van der Waals surface area contributed by atoms with Gasteiger partial charge in [0.25, 0.3) is 11.5 Å². The van der Waals surface area contributed by atoms with E-state index in [0.717, 1.165) is 18.4 Å². The van der Waals surface area contributed by atoms with Crippen molar-refractivity contribution in [2.24, 2.45) is 5.92 Å². The van der Waals surface area contributed by atoms with Crippen LogP contribution in [0.25, 0.3) is 5.65 Å². The van der Waals surface area contributed by atoms with Crippen molar-refractivity contribution in [1.29, 1.82) is 0 Å². The lowest BCUT2D eigenvalue weighted by Crippen LogP contribution is -2.38. The molecule has 0 radical (unpaired) electrons. The van der Waals surface area contributed by atoms with Crippen LogP contribution >= 0.6 is 0 Å². The number of aryl methyl sites for hydroxylation is 1. The second kappa shape index (κ2) is 4.74. The zero-order valence-corrected chi connectivity index (χ0v) is 11.6. The Kier molecular flexibility index (Phi) is 3.04. The van der Waals surface area contributed by atoms with Crippen LogP contribution in [0.4, 0.5) is 0 Å². The maximum Gasteiger partial charge on any atom is 0.270 e. The summed E-state index contributed by atoms with van der Waals surface area (Å²) in [5, 5.41) is 2.89. The SMILES string of the molecule is Cc1ccc2ncc(C(=O)NC(C)C3CC3)c(=O)n2c1. The van der Waals surface area contributed by atoms with E-state index in [4.69, 9.17) is 0 Å². The van der Waals surface area contributed by atoms with Crippen molar-refractivity contribution in [3.63, 3.8) is 0 Å². The highest BCUT2D eigenvalue weighted by atomic mass is 16.2. The molecule has 1 aliphatic rings. The molecule has 2 aromatic rings. The number of nitrogens with zero attached hydrogens (tertiary/aromatic N) is 2. The van der Waals surface area contributed by atoms with Crippen LogP contribution in [-0.4, -0.2) is 21.3 Å². The molecule has 3 rings (SSSR count). The molecule has 1 saturated carbocycles. The molecular weight excluding hydrogens is 254 g/mol. The number of hydrogen-bond donors (Lipinski definition) is 1. The van der Waals surface area contributed by atoms with E-state index in [1.165, 1.54) is 10.6 Å². The van der Waals surface area contributed by atoms with Crippen LogP contribution in [0.1, 0.15) is 35.7 Å². The zero-order valence-electron chi connectivity index (χ0n) is 11.6. The van der Waals surface area contributed by atoms with Crippen molar-refractivity contribution in [3.05, 3.63) is 46.0 Å². The molecule has 104 valence electrons. The molecule has 1 aliphatic carbocycles. The van der Waals surface area contributed by atoms with Gasteiger partial charge in [-0.1, -0.05) is 6.07 Å². The zero-order chi connectivity index (χ0) is 14.3. The Bertz CT molecular complexity index is 731. The van der Waals surface area contributed by atoms with Crippen LogP contribution in [0.3, 0.4) is 0 Å². The number of pyridine rings is 1. The number of amides is 1. The Morgan fingerprint density at radius 2 is 2.20 bits per heavy atom. The number of aromatic nitrogens is 2. The lowest BCUT2D eigenvalue weighted by Gasteiger charge is -2.12. The largest absolute Gasteiger partial charge is 0.349 e. The van der Waals surface area contributed by atoms with Gasteiger partial charge in [0.15, 0.2) is 0 Å². The van der Waals surface area contributed by atoms with Gasteiger partial charge in [0, 0.05) is 18.4 Å². The van der Waals surface area contributed by atoms with Gasteiger partial charge in [0.1, 0.15) is 11.2 Å². The molecule has 0 aliphatic heterocycles. The molecule has 1 unspecified atom stereocenters. The first-order chi connectivity index (χ1) is 9.56. The smallest absolute Gasteiger partial charge is 0.270 e.